The molecule has 104 valence electrons. The molecule has 0 saturated carbocycles. The van der Waals surface area contributed by atoms with Gasteiger partial charge in [-0.2, -0.15) is 0 Å². The molecule has 1 atom stereocenters. The summed E-state index contributed by atoms with van der Waals surface area (Å²) in [5.41, 5.74) is 3.24. The number of hydrogen-bond acceptors (Lipinski definition) is 2. The Labute approximate surface area is 115 Å². The van der Waals surface area contributed by atoms with Crippen LogP contribution in [0, 0.1) is 13.8 Å². The molecule has 3 nitrogen and oxygen atoms in total. The van der Waals surface area contributed by atoms with Crippen LogP contribution < -0.4 is 0 Å². The Bertz CT molecular complexity index is 450. The first-order valence-corrected chi connectivity index (χ1v) is 7.11. The van der Waals surface area contributed by atoms with E-state index in [9.17, 15) is 9.90 Å². The Kier molecular flexibility index (Phi) is 4.59. The van der Waals surface area contributed by atoms with Crippen molar-refractivity contribution in [2.75, 3.05) is 13.1 Å². The average molecular weight is 261 g/mol. The highest BCUT2D eigenvalue weighted by atomic mass is 16.3. The van der Waals surface area contributed by atoms with Gasteiger partial charge in [0.25, 0.3) is 0 Å². The van der Waals surface area contributed by atoms with Gasteiger partial charge in [-0.15, -0.1) is 0 Å². The van der Waals surface area contributed by atoms with E-state index in [2.05, 4.69) is 6.07 Å². The van der Waals surface area contributed by atoms with Crippen molar-refractivity contribution >= 4 is 5.91 Å². The van der Waals surface area contributed by atoms with Gasteiger partial charge in [0.2, 0.25) is 5.91 Å². The third-order valence-electron chi connectivity index (χ3n) is 3.87. The second-order valence-electron chi connectivity index (χ2n) is 5.50. The van der Waals surface area contributed by atoms with Crippen molar-refractivity contribution in [1.82, 2.24) is 4.90 Å². The SMILES string of the molecule is Cc1ccc(C(O)CCC(=O)N2CCCC2)c(C)c1. The summed E-state index contributed by atoms with van der Waals surface area (Å²) in [4.78, 5) is 13.8. The highest BCUT2D eigenvalue weighted by molar-refractivity contribution is 5.76. The molecule has 2 rings (SSSR count). The van der Waals surface area contributed by atoms with E-state index in [1.165, 1.54) is 5.56 Å². The maximum atomic E-state index is 11.9. The third kappa shape index (κ3) is 3.57. The molecule has 1 aromatic carbocycles. The largest absolute Gasteiger partial charge is 0.388 e. The second-order valence-corrected chi connectivity index (χ2v) is 5.50. The van der Waals surface area contributed by atoms with Gasteiger partial charge in [-0.1, -0.05) is 23.8 Å². The fourth-order valence-corrected chi connectivity index (χ4v) is 2.74. The molecule has 1 saturated heterocycles. The lowest BCUT2D eigenvalue weighted by molar-refractivity contribution is -0.130. The highest BCUT2D eigenvalue weighted by Crippen LogP contribution is 2.23. The van der Waals surface area contributed by atoms with Gasteiger partial charge in [0.1, 0.15) is 0 Å². The lowest BCUT2D eigenvalue weighted by atomic mass is 9.98. The Morgan fingerprint density at radius 1 is 1.32 bits per heavy atom. The molecular weight excluding hydrogens is 238 g/mol. The van der Waals surface area contributed by atoms with Gasteiger partial charge in [-0.3, -0.25) is 4.79 Å². The van der Waals surface area contributed by atoms with Crippen LogP contribution >= 0.6 is 0 Å². The quantitative estimate of drug-likeness (QED) is 0.905. The first kappa shape index (κ1) is 14.1. The molecule has 1 amide bonds. The Hall–Kier alpha value is -1.35. The van der Waals surface area contributed by atoms with E-state index in [0.29, 0.717) is 12.8 Å². The summed E-state index contributed by atoms with van der Waals surface area (Å²) in [7, 11) is 0. The molecule has 1 unspecified atom stereocenters. The summed E-state index contributed by atoms with van der Waals surface area (Å²) >= 11 is 0. The molecule has 1 heterocycles. The van der Waals surface area contributed by atoms with E-state index in [0.717, 1.165) is 37.1 Å². The zero-order valence-electron chi connectivity index (χ0n) is 11.9. The van der Waals surface area contributed by atoms with Crippen LogP contribution in [0.4, 0.5) is 0 Å². The number of carbonyl (C=O) groups excluding carboxylic acids is 1. The van der Waals surface area contributed by atoms with Crippen molar-refractivity contribution in [3.05, 3.63) is 34.9 Å². The molecule has 1 aliphatic rings. The Morgan fingerprint density at radius 3 is 2.63 bits per heavy atom. The normalized spacial score (nSPS) is 16.7. The van der Waals surface area contributed by atoms with Gasteiger partial charge in [-0.05, 0) is 44.2 Å². The molecule has 0 spiro atoms. The van der Waals surface area contributed by atoms with E-state index >= 15 is 0 Å². The zero-order valence-corrected chi connectivity index (χ0v) is 11.9. The number of hydrogen-bond donors (Lipinski definition) is 1. The fourth-order valence-electron chi connectivity index (χ4n) is 2.74. The van der Waals surface area contributed by atoms with Gasteiger partial charge in [0.15, 0.2) is 0 Å². The standard InChI is InChI=1S/C16H23NO2/c1-12-5-6-14(13(2)11-12)15(18)7-8-16(19)17-9-3-4-10-17/h5-6,11,15,18H,3-4,7-10H2,1-2H3. The first-order chi connectivity index (χ1) is 9.08. The van der Waals surface area contributed by atoms with Crippen molar-refractivity contribution in [3.63, 3.8) is 0 Å². The lowest BCUT2D eigenvalue weighted by Crippen LogP contribution is -2.27. The van der Waals surface area contributed by atoms with Crippen LogP contribution in [-0.4, -0.2) is 29.0 Å². The fraction of sp³-hybridized carbons (Fsp3) is 0.562. The summed E-state index contributed by atoms with van der Waals surface area (Å²) in [6.07, 6.45) is 2.65. The monoisotopic (exact) mass is 261 g/mol. The summed E-state index contributed by atoms with van der Waals surface area (Å²) in [5, 5.41) is 10.2. The molecule has 1 aliphatic heterocycles. The minimum absolute atomic E-state index is 0.182. The van der Waals surface area contributed by atoms with Crippen molar-refractivity contribution in [1.29, 1.82) is 0 Å². The smallest absolute Gasteiger partial charge is 0.222 e. The molecule has 1 fully saturated rings. The number of benzene rings is 1. The maximum absolute atomic E-state index is 11.9. The van der Waals surface area contributed by atoms with E-state index in [-0.39, 0.29) is 5.91 Å². The number of aryl methyl sites for hydroxylation is 2. The van der Waals surface area contributed by atoms with E-state index < -0.39 is 6.10 Å². The minimum atomic E-state index is -0.535. The third-order valence-corrected chi connectivity index (χ3v) is 3.87. The van der Waals surface area contributed by atoms with Gasteiger partial charge < -0.3 is 10.0 Å². The van der Waals surface area contributed by atoms with Gasteiger partial charge in [0.05, 0.1) is 6.10 Å². The molecule has 3 heteroatoms. The summed E-state index contributed by atoms with van der Waals surface area (Å²) in [5.74, 6) is 0.182. The Balaban J connectivity index is 1.89. The van der Waals surface area contributed by atoms with Crippen LogP contribution in [-0.2, 0) is 4.79 Å². The summed E-state index contributed by atoms with van der Waals surface area (Å²) < 4.78 is 0. The van der Waals surface area contributed by atoms with Crippen molar-refractivity contribution in [3.8, 4) is 0 Å². The number of amides is 1. The van der Waals surface area contributed by atoms with E-state index in [4.69, 9.17) is 0 Å². The molecule has 0 aliphatic carbocycles. The van der Waals surface area contributed by atoms with Crippen molar-refractivity contribution < 1.29 is 9.90 Å². The number of likely N-dealkylation sites (tertiary alicyclic amines) is 1. The number of nitrogens with zero attached hydrogens (tertiary/aromatic N) is 1. The predicted molar refractivity (Wildman–Crippen MR) is 75.9 cm³/mol. The van der Waals surface area contributed by atoms with Crippen LogP contribution in [0.5, 0.6) is 0 Å². The number of rotatable bonds is 4. The minimum Gasteiger partial charge on any atom is -0.388 e. The zero-order chi connectivity index (χ0) is 13.8. The average Bonchev–Trinajstić information content (AvgIpc) is 2.89. The van der Waals surface area contributed by atoms with E-state index in [1.807, 2.05) is 30.9 Å². The first-order valence-electron chi connectivity index (χ1n) is 7.11. The predicted octanol–water partition coefficient (Wildman–Crippen LogP) is 2.74. The molecule has 1 N–H and O–H groups in total. The van der Waals surface area contributed by atoms with Crippen LogP contribution in [0.3, 0.4) is 0 Å². The maximum Gasteiger partial charge on any atom is 0.222 e. The molecule has 0 bridgehead atoms. The highest BCUT2D eigenvalue weighted by Gasteiger charge is 2.19. The topological polar surface area (TPSA) is 40.5 Å². The van der Waals surface area contributed by atoms with Crippen LogP contribution in [0.2, 0.25) is 0 Å². The number of carbonyl (C=O) groups is 1. The van der Waals surface area contributed by atoms with Crippen LogP contribution in [0.25, 0.3) is 0 Å². The lowest BCUT2D eigenvalue weighted by Gasteiger charge is -2.18. The van der Waals surface area contributed by atoms with Crippen molar-refractivity contribution in [2.24, 2.45) is 0 Å². The van der Waals surface area contributed by atoms with Crippen molar-refractivity contribution in [2.45, 2.75) is 45.6 Å². The molecule has 1 aromatic rings. The molecule has 0 aromatic heterocycles. The summed E-state index contributed by atoms with van der Waals surface area (Å²) in [6, 6.07) is 6.05. The van der Waals surface area contributed by atoms with Crippen LogP contribution in [0.15, 0.2) is 18.2 Å². The summed E-state index contributed by atoms with van der Waals surface area (Å²) in [6.45, 7) is 5.82. The van der Waals surface area contributed by atoms with Gasteiger partial charge in [-0.25, -0.2) is 0 Å². The molecular formula is C16H23NO2. The van der Waals surface area contributed by atoms with Crippen LogP contribution in [0.1, 0.15) is 48.5 Å². The number of aliphatic hydroxyl groups is 1. The number of aliphatic hydroxyl groups excluding tert-OH is 1. The molecule has 0 radical (unpaired) electrons. The van der Waals surface area contributed by atoms with E-state index in [1.54, 1.807) is 0 Å². The molecule has 19 heavy (non-hydrogen) atoms. The second kappa shape index (κ2) is 6.20. The van der Waals surface area contributed by atoms with Gasteiger partial charge >= 0.3 is 0 Å². The Morgan fingerprint density at radius 2 is 2.00 bits per heavy atom. The van der Waals surface area contributed by atoms with Gasteiger partial charge in [0, 0.05) is 19.5 Å².